The molecule has 6 nitrogen and oxygen atoms in total. The van der Waals surface area contributed by atoms with Gasteiger partial charge in [-0.3, -0.25) is 4.79 Å². The van der Waals surface area contributed by atoms with Crippen molar-refractivity contribution in [1.82, 2.24) is 15.6 Å². The third-order valence-corrected chi connectivity index (χ3v) is 4.06. The van der Waals surface area contributed by atoms with Gasteiger partial charge < -0.3 is 15.4 Å². The maximum absolute atomic E-state index is 11.0. The summed E-state index contributed by atoms with van der Waals surface area (Å²) in [5.74, 6) is 1.08. The van der Waals surface area contributed by atoms with E-state index in [0.717, 1.165) is 42.6 Å². The highest BCUT2D eigenvalue weighted by Gasteiger charge is 2.06. The average molecular weight is 340 g/mol. The van der Waals surface area contributed by atoms with Crippen molar-refractivity contribution in [2.24, 2.45) is 4.99 Å². The Morgan fingerprint density at radius 3 is 2.78 bits per heavy atom. The maximum atomic E-state index is 11.0. The lowest BCUT2D eigenvalue weighted by atomic mass is 10.2. The molecule has 0 atom stereocenters. The lowest BCUT2D eigenvalue weighted by Crippen LogP contribution is -2.37. The monoisotopic (exact) mass is 340 g/mol. The van der Waals surface area contributed by atoms with Crippen molar-refractivity contribution in [1.29, 1.82) is 0 Å². The van der Waals surface area contributed by atoms with E-state index >= 15 is 0 Å². The molecule has 1 heterocycles. The fourth-order valence-electron chi connectivity index (χ4n) is 1.85. The van der Waals surface area contributed by atoms with Gasteiger partial charge in [0.15, 0.2) is 5.96 Å². The highest BCUT2D eigenvalue weighted by molar-refractivity contribution is 7.09. The number of aliphatic imine (C=N–C) groups is 1. The molecule has 0 aliphatic rings. The zero-order chi connectivity index (χ0) is 17.1. The van der Waals surface area contributed by atoms with Gasteiger partial charge in [0.05, 0.1) is 19.3 Å². The number of nitrogens with one attached hydrogen (secondary N) is 2. The number of hydrogen-bond acceptors (Lipinski definition) is 5. The Morgan fingerprint density at radius 2 is 2.17 bits per heavy atom. The molecule has 23 heavy (non-hydrogen) atoms. The van der Waals surface area contributed by atoms with Gasteiger partial charge in [-0.25, -0.2) is 9.98 Å². The maximum Gasteiger partial charge on any atom is 0.305 e. The van der Waals surface area contributed by atoms with E-state index in [0.29, 0.717) is 18.9 Å². The molecule has 0 aliphatic heterocycles. The highest BCUT2D eigenvalue weighted by Crippen LogP contribution is 2.18. The molecule has 1 aromatic rings. The van der Waals surface area contributed by atoms with E-state index < -0.39 is 0 Å². The van der Waals surface area contributed by atoms with E-state index in [9.17, 15) is 4.79 Å². The molecule has 0 fully saturated rings. The molecule has 7 heteroatoms. The minimum Gasteiger partial charge on any atom is -0.469 e. The minimum absolute atomic E-state index is 0.157. The number of thiazole rings is 1. The Morgan fingerprint density at radius 1 is 1.39 bits per heavy atom. The fourth-order valence-corrected chi connectivity index (χ4v) is 2.73. The highest BCUT2D eigenvalue weighted by atomic mass is 32.1. The summed E-state index contributed by atoms with van der Waals surface area (Å²) in [5.41, 5.74) is 1.13. The number of unbranched alkanes of at least 4 members (excludes halogenated alkanes) is 1. The van der Waals surface area contributed by atoms with Crippen molar-refractivity contribution in [2.75, 3.05) is 20.2 Å². The lowest BCUT2D eigenvalue weighted by molar-refractivity contribution is -0.140. The number of nitrogens with zero attached hydrogens (tertiary/aromatic N) is 2. The molecule has 2 N–H and O–H groups in total. The van der Waals surface area contributed by atoms with Gasteiger partial charge in [-0.15, -0.1) is 11.3 Å². The SMILES string of the molecule is CCNC(=NCc1nc(C(C)C)cs1)NCCCCC(=O)OC. The van der Waals surface area contributed by atoms with Crippen molar-refractivity contribution in [3.8, 4) is 0 Å². The molecular weight excluding hydrogens is 312 g/mol. The molecule has 0 radical (unpaired) electrons. The van der Waals surface area contributed by atoms with Crippen LogP contribution in [0.5, 0.6) is 0 Å². The van der Waals surface area contributed by atoms with Crippen LogP contribution in [0.2, 0.25) is 0 Å². The second-order valence-electron chi connectivity index (χ2n) is 5.48. The molecule has 1 aromatic heterocycles. The Bertz CT molecular complexity index is 500. The van der Waals surface area contributed by atoms with Crippen LogP contribution in [0.25, 0.3) is 0 Å². The number of carbonyl (C=O) groups is 1. The van der Waals surface area contributed by atoms with Gasteiger partial charge in [-0.2, -0.15) is 0 Å². The number of hydrogen-bond donors (Lipinski definition) is 2. The van der Waals surface area contributed by atoms with E-state index in [1.165, 1.54) is 7.11 Å². The first-order chi connectivity index (χ1) is 11.1. The van der Waals surface area contributed by atoms with Crippen LogP contribution in [0.15, 0.2) is 10.4 Å². The van der Waals surface area contributed by atoms with E-state index in [1.807, 2.05) is 6.92 Å². The second-order valence-corrected chi connectivity index (χ2v) is 6.42. The molecule has 0 amide bonds. The molecule has 0 aliphatic carbocycles. The summed E-state index contributed by atoms with van der Waals surface area (Å²) in [7, 11) is 1.42. The zero-order valence-electron chi connectivity index (χ0n) is 14.5. The summed E-state index contributed by atoms with van der Waals surface area (Å²) in [6.07, 6.45) is 2.17. The van der Waals surface area contributed by atoms with Gasteiger partial charge in [0.1, 0.15) is 5.01 Å². The summed E-state index contributed by atoms with van der Waals surface area (Å²) in [6.45, 7) is 8.48. The lowest BCUT2D eigenvalue weighted by Gasteiger charge is -2.10. The van der Waals surface area contributed by atoms with Crippen molar-refractivity contribution in [2.45, 2.75) is 52.5 Å². The van der Waals surface area contributed by atoms with Crippen LogP contribution in [0.1, 0.15) is 56.7 Å². The Balaban J connectivity index is 2.38. The van der Waals surface area contributed by atoms with Crippen LogP contribution < -0.4 is 10.6 Å². The van der Waals surface area contributed by atoms with E-state index in [2.05, 4.69) is 44.6 Å². The smallest absolute Gasteiger partial charge is 0.305 e. The standard InChI is InChI=1S/C16H28N4O2S/c1-5-17-16(18-9-7-6-8-15(21)22-4)19-10-14-20-13(11-23-14)12(2)3/h11-12H,5-10H2,1-4H3,(H2,17,18,19). The predicted octanol–water partition coefficient (Wildman–Crippen LogP) is 2.66. The van der Waals surface area contributed by atoms with Crippen LogP contribution >= 0.6 is 11.3 Å². The van der Waals surface area contributed by atoms with Gasteiger partial charge in [0.2, 0.25) is 0 Å². The first kappa shape index (κ1) is 19.4. The zero-order valence-corrected chi connectivity index (χ0v) is 15.3. The molecule has 0 saturated heterocycles. The van der Waals surface area contributed by atoms with Gasteiger partial charge >= 0.3 is 5.97 Å². The number of guanidine groups is 1. The van der Waals surface area contributed by atoms with Crippen LogP contribution in [-0.2, 0) is 16.1 Å². The first-order valence-corrected chi connectivity index (χ1v) is 8.98. The Labute approximate surface area is 142 Å². The Hall–Kier alpha value is -1.63. The number of carbonyl (C=O) groups excluding carboxylic acids is 1. The van der Waals surface area contributed by atoms with Gasteiger partial charge in [-0.05, 0) is 25.7 Å². The van der Waals surface area contributed by atoms with E-state index in [-0.39, 0.29) is 5.97 Å². The van der Waals surface area contributed by atoms with Gasteiger partial charge in [0.25, 0.3) is 0 Å². The summed E-state index contributed by atoms with van der Waals surface area (Å²) >= 11 is 1.65. The van der Waals surface area contributed by atoms with E-state index in [4.69, 9.17) is 0 Å². The van der Waals surface area contributed by atoms with Gasteiger partial charge in [-0.1, -0.05) is 13.8 Å². The third-order valence-electron chi connectivity index (χ3n) is 3.21. The normalized spacial score (nSPS) is 11.6. The number of ether oxygens (including phenoxy) is 1. The fraction of sp³-hybridized carbons (Fsp3) is 0.688. The van der Waals surface area contributed by atoms with Crippen LogP contribution in [0.3, 0.4) is 0 Å². The van der Waals surface area contributed by atoms with Crippen molar-refractivity contribution >= 4 is 23.3 Å². The summed E-state index contributed by atoms with van der Waals surface area (Å²) in [5, 5.41) is 9.62. The number of rotatable bonds is 9. The summed E-state index contributed by atoms with van der Waals surface area (Å²) < 4.78 is 4.62. The van der Waals surface area contributed by atoms with Crippen molar-refractivity contribution in [3.63, 3.8) is 0 Å². The molecular formula is C16H28N4O2S. The molecule has 0 saturated carbocycles. The molecule has 1 rings (SSSR count). The summed E-state index contributed by atoms with van der Waals surface area (Å²) in [6, 6.07) is 0. The molecule has 0 spiro atoms. The van der Waals surface area contributed by atoms with Crippen LogP contribution in [-0.4, -0.2) is 37.1 Å². The van der Waals surface area contributed by atoms with Crippen molar-refractivity contribution in [3.05, 3.63) is 16.1 Å². The molecule has 0 aromatic carbocycles. The third kappa shape index (κ3) is 7.97. The minimum atomic E-state index is -0.157. The predicted molar refractivity (Wildman–Crippen MR) is 94.9 cm³/mol. The molecule has 0 unspecified atom stereocenters. The van der Waals surface area contributed by atoms with Crippen LogP contribution in [0, 0.1) is 0 Å². The number of esters is 1. The van der Waals surface area contributed by atoms with Gasteiger partial charge in [0, 0.05) is 24.9 Å². The molecule has 130 valence electrons. The quantitative estimate of drug-likeness (QED) is 0.313. The number of methoxy groups -OCH3 is 1. The topological polar surface area (TPSA) is 75.6 Å². The first-order valence-electron chi connectivity index (χ1n) is 8.10. The second kappa shape index (κ2) is 11.0. The average Bonchev–Trinajstić information content (AvgIpc) is 3.01. The largest absolute Gasteiger partial charge is 0.469 e. The summed E-state index contributed by atoms with van der Waals surface area (Å²) in [4.78, 5) is 20.2. The van der Waals surface area contributed by atoms with E-state index in [1.54, 1.807) is 11.3 Å². The van der Waals surface area contributed by atoms with Crippen LogP contribution in [0.4, 0.5) is 0 Å². The molecule has 0 bridgehead atoms. The van der Waals surface area contributed by atoms with Crippen molar-refractivity contribution < 1.29 is 9.53 Å². The Kier molecular flexibility index (Phi) is 9.28. The number of aromatic nitrogens is 1.